The van der Waals surface area contributed by atoms with Crippen LogP contribution < -0.4 is 9.64 Å². The molecule has 144 valence electrons. The number of methoxy groups -OCH3 is 1. The van der Waals surface area contributed by atoms with Gasteiger partial charge in [0.05, 0.1) is 19.3 Å². The molecule has 0 saturated carbocycles. The highest BCUT2D eigenvalue weighted by Crippen LogP contribution is 2.18. The number of likely N-dealkylation sites (N-methyl/N-ethyl adjacent to an activating group) is 1. The van der Waals surface area contributed by atoms with E-state index in [1.807, 2.05) is 17.0 Å². The minimum absolute atomic E-state index is 0.0323. The van der Waals surface area contributed by atoms with E-state index in [-0.39, 0.29) is 18.3 Å². The van der Waals surface area contributed by atoms with Crippen LogP contribution in [0.5, 0.6) is 5.75 Å². The first kappa shape index (κ1) is 19.2. The average Bonchev–Trinajstić information content (AvgIpc) is 2.69. The van der Waals surface area contributed by atoms with Gasteiger partial charge in [-0.1, -0.05) is 24.3 Å². The van der Waals surface area contributed by atoms with Gasteiger partial charge in [0.15, 0.2) is 0 Å². The van der Waals surface area contributed by atoms with E-state index in [9.17, 15) is 9.18 Å². The van der Waals surface area contributed by atoms with Crippen molar-refractivity contribution in [3.8, 4) is 5.75 Å². The summed E-state index contributed by atoms with van der Waals surface area (Å²) in [5.41, 5.74) is 1.68. The number of nitrogens with zero attached hydrogens (tertiary/aromatic N) is 3. The Balaban J connectivity index is 1.48. The van der Waals surface area contributed by atoms with E-state index in [1.165, 1.54) is 11.6 Å². The molecule has 0 N–H and O–H groups in total. The van der Waals surface area contributed by atoms with Gasteiger partial charge in [0.25, 0.3) is 0 Å². The summed E-state index contributed by atoms with van der Waals surface area (Å²) in [4.78, 5) is 18.4. The van der Waals surface area contributed by atoms with Crippen LogP contribution in [0.1, 0.15) is 5.56 Å². The molecule has 27 heavy (non-hydrogen) atoms. The first-order valence-electron chi connectivity index (χ1n) is 9.15. The maximum absolute atomic E-state index is 13.9. The Morgan fingerprint density at radius 3 is 2.37 bits per heavy atom. The third-order valence-corrected chi connectivity index (χ3v) is 4.93. The van der Waals surface area contributed by atoms with Gasteiger partial charge in [-0.15, -0.1) is 0 Å². The molecular formula is C21H26FN3O2. The molecule has 1 aliphatic heterocycles. The molecule has 0 bridgehead atoms. The second kappa shape index (κ2) is 8.86. The largest absolute Gasteiger partial charge is 0.497 e. The number of amides is 1. The highest BCUT2D eigenvalue weighted by Gasteiger charge is 2.22. The Bertz CT molecular complexity index is 758. The molecule has 1 fully saturated rings. The summed E-state index contributed by atoms with van der Waals surface area (Å²) in [7, 11) is 3.41. The zero-order valence-corrected chi connectivity index (χ0v) is 15.9. The van der Waals surface area contributed by atoms with Gasteiger partial charge < -0.3 is 14.5 Å². The molecule has 2 aromatic rings. The van der Waals surface area contributed by atoms with Gasteiger partial charge in [-0.05, 0) is 29.8 Å². The molecule has 1 heterocycles. The average molecular weight is 371 g/mol. The molecule has 1 saturated heterocycles. The second-order valence-electron chi connectivity index (χ2n) is 6.81. The lowest BCUT2D eigenvalue weighted by molar-refractivity contribution is -0.131. The van der Waals surface area contributed by atoms with Crippen LogP contribution in [0, 0.1) is 5.82 Å². The summed E-state index contributed by atoms with van der Waals surface area (Å²) < 4.78 is 19.0. The summed E-state index contributed by atoms with van der Waals surface area (Å²) in [6, 6.07) is 14.6. The number of piperazine rings is 1. The standard InChI is InChI=1S/C21H26FN3O2/c1-23(20-6-4-3-5-19(20)22)16-21(26)25-13-11-24(12-14-25)15-17-7-9-18(27-2)10-8-17/h3-10H,11-16H2,1-2H3. The van der Waals surface area contributed by atoms with Crippen LogP contribution in [0.3, 0.4) is 0 Å². The van der Waals surface area contributed by atoms with Crippen molar-refractivity contribution >= 4 is 11.6 Å². The molecule has 1 amide bonds. The van der Waals surface area contributed by atoms with Gasteiger partial charge >= 0.3 is 0 Å². The summed E-state index contributed by atoms with van der Waals surface area (Å²) >= 11 is 0. The van der Waals surface area contributed by atoms with Crippen LogP contribution in [0.2, 0.25) is 0 Å². The fourth-order valence-corrected chi connectivity index (χ4v) is 3.29. The Hall–Kier alpha value is -2.60. The molecule has 6 heteroatoms. The molecule has 0 aliphatic carbocycles. The Morgan fingerprint density at radius 1 is 1.07 bits per heavy atom. The summed E-state index contributed by atoms with van der Waals surface area (Å²) in [6.45, 7) is 4.10. The molecule has 1 aliphatic rings. The first-order valence-corrected chi connectivity index (χ1v) is 9.15. The van der Waals surface area contributed by atoms with Crippen LogP contribution in [-0.4, -0.2) is 62.6 Å². The van der Waals surface area contributed by atoms with E-state index >= 15 is 0 Å². The predicted octanol–water partition coefficient (Wildman–Crippen LogP) is 2.61. The monoisotopic (exact) mass is 371 g/mol. The van der Waals surface area contributed by atoms with Gasteiger partial charge in [0.1, 0.15) is 11.6 Å². The zero-order valence-electron chi connectivity index (χ0n) is 15.9. The van der Waals surface area contributed by atoms with Crippen molar-refractivity contribution in [3.05, 3.63) is 59.9 Å². The van der Waals surface area contributed by atoms with Crippen LogP contribution >= 0.6 is 0 Å². The lowest BCUT2D eigenvalue weighted by Crippen LogP contribution is -2.50. The van der Waals surface area contributed by atoms with Gasteiger partial charge in [-0.25, -0.2) is 4.39 Å². The third-order valence-electron chi connectivity index (χ3n) is 4.93. The van der Waals surface area contributed by atoms with Crippen molar-refractivity contribution in [2.24, 2.45) is 0 Å². The summed E-state index contributed by atoms with van der Waals surface area (Å²) in [6.07, 6.45) is 0. The highest BCUT2D eigenvalue weighted by atomic mass is 19.1. The van der Waals surface area contributed by atoms with E-state index in [0.717, 1.165) is 25.4 Å². The number of carbonyl (C=O) groups is 1. The minimum atomic E-state index is -0.308. The predicted molar refractivity (Wildman–Crippen MR) is 105 cm³/mol. The van der Waals surface area contributed by atoms with Crippen molar-refractivity contribution in [1.82, 2.24) is 9.80 Å². The lowest BCUT2D eigenvalue weighted by atomic mass is 10.2. The van der Waals surface area contributed by atoms with Crippen LogP contribution in [0.4, 0.5) is 10.1 Å². The molecule has 0 aromatic heterocycles. The molecular weight excluding hydrogens is 345 g/mol. The molecule has 0 unspecified atom stereocenters. The van der Waals surface area contributed by atoms with E-state index in [1.54, 1.807) is 37.3 Å². The summed E-state index contributed by atoms with van der Waals surface area (Å²) in [5, 5.41) is 0. The number of hydrogen-bond donors (Lipinski definition) is 0. The molecule has 0 atom stereocenters. The van der Waals surface area contributed by atoms with E-state index in [0.29, 0.717) is 18.8 Å². The zero-order chi connectivity index (χ0) is 19.2. The molecule has 0 radical (unpaired) electrons. The Kier molecular flexibility index (Phi) is 6.29. The normalized spacial score (nSPS) is 14.9. The lowest BCUT2D eigenvalue weighted by Gasteiger charge is -2.35. The number of anilines is 1. The first-order chi connectivity index (χ1) is 13.1. The molecule has 2 aromatic carbocycles. The van der Waals surface area contributed by atoms with Gasteiger partial charge in [0.2, 0.25) is 5.91 Å². The number of carbonyl (C=O) groups excluding carboxylic acids is 1. The van der Waals surface area contributed by atoms with Gasteiger partial charge in [-0.2, -0.15) is 0 Å². The number of ether oxygens (including phenoxy) is 1. The van der Waals surface area contributed by atoms with Crippen molar-refractivity contribution in [1.29, 1.82) is 0 Å². The fraction of sp³-hybridized carbons (Fsp3) is 0.381. The van der Waals surface area contributed by atoms with Gasteiger partial charge in [-0.3, -0.25) is 9.69 Å². The van der Waals surface area contributed by atoms with Crippen LogP contribution in [-0.2, 0) is 11.3 Å². The summed E-state index contributed by atoms with van der Waals surface area (Å²) in [5.74, 6) is 0.579. The number of hydrogen-bond acceptors (Lipinski definition) is 4. The molecule has 5 nitrogen and oxygen atoms in total. The second-order valence-corrected chi connectivity index (χ2v) is 6.81. The topological polar surface area (TPSA) is 36.0 Å². The quantitative estimate of drug-likeness (QED) is 0.782. The Labute approximate surface area is 159 Å². The van der Waals surface area contributed by atoms with Crippen molar-refractivity contribution < 1.29 is 13.9 Å². The SMILES string of the molecule is COc1ccc(CN2CCN(C(=O)CN(C)c3ccccc3F)CC2)cc1. The van der Waals surface area contributed by atoms with E-state index < -0.39 is 0 Å². The number of para-hydroxylation sites is 1. The number of rotatable bonds is 6. The third kappa shape index (κ3) is 4.98. The highest BCUT2D eigenvalue weighted by molar-refractivity contribution is 5.81. The number of benzene rings is 2. The number of halogens is 1. The van der Waals surface area contributed by atoms with E-state index in [4.69, 9.17) is 4.74 Å². The fourth-order valence-electron chi connectivity index (χ4n) is 3.29. The van der Waals surface area contributed by atoms with E-state index in [2.05, 4.69) is 17.0 Å². The Morgan fingerprint density at radius 2 is 1.74 bits per heavy atom. The van der Waals surface area contributed by atoms with Crippen molar-refractivity contribution in [2.75, 3.05) is 51.8 Å². The molecule has 3 rings (SSSR count). The minimum Gasteiger partial charge on any atom is -0.497 e. The van der Waals surface area contributed by atoms with Crippen molar-refractivity contribution in [3.63, 3.8) is 0 Å². The van der Waals surface area contributed by atoms with Crippen molar-refractivity contribution in [2.45, 2.75) is 6.54 Å². The smallest absolute Gasteiger partial charge is 0.242 e. The maximum Gasteiger partial charge on any atom is 0.242 e. The van der Waals surface area contributed by atoms with Gasteiger partial charge in [0, 0.05) is 39.8 Å². The van der Waals surface area contributed by atoms with Crippen LogP contribution in [0.25, 0.3) is 0 Å². The van der Waals surface area contributed by atoms with Crippen LogP contribution in [0.15, 0.2) is 48.5 Å². The molecule has 0 spiro atoms. The maximum atomic E-state index is 13.9.